The largest absolute Gasteiger partial charge is 0.201 e. The number of hydrogen-bond acceptors (Lipinski definition) is 0. The second kappa shape index (κ2) is 6.11. The third-order valence-electron chi connectivity index (χ3n) is 2.75. The Labute approximate surface area is 137 Å². The highest BCUT2D eigenvalue weighted by Gasteiger charge is 2.36. The lowest BCUT2D eigenvalue weighted by molar-refractivity contribution is 0.839. The lowest BCUT2D eigenvalue weighted by atomic mass is 10.4. The van der Waals surface area contributed by atoms with Crippen LogP contribution in [-0.4, -0.2) is 3.79 Å². The van der Waals surface area contributed by atoms with E-state index in [4.69, 9.17) is 58.0 Å². The predicted octanol–water partition coefficient (Wildman–Crippen LogP) is 6.50. The van der Waals surface area contributed by atoms with E-state index in [0.29, 0.717) is 10.0 Å². The first-order valence-electron chi connectivity index (χ1n) is 5.46. The zero-order chi connectivity index (χ0) is 14.0. The van der Waals surface area contributed by atoms with Crippen molar-refractivity contribution in [3.8, 4) is 0 Å². The van der Waals surface area contributed by atoms with E-state index in [1.165, 1.54) is 0 Å². The summed E-state index contributed by atoms with van der Waals surface area (Å²) in [5, 5.41) is 1.19. The third-order valence-corrected chi connectivity index (χ3v) is 4.00. The van der Waals surface area contributed by atoms with Gasteiger partial charge in [0.05, 0.1) is 5.92 Å². The van der Waals surface area contributed by atoms with Crippen LogP contribution in [0, 0.1) is 0 Å². The fourth-order valence-electron chi connectivity index (χ4n) is 1.91. The molecule has 100 valence electrons. The molecular weight excluding hydrogens is 357 g/mol. The van der Waals surface area contributed by atoms with Gasteiger partial charge in [0.2, 0.25) is 3.79 Å². The van der Waals surface area contributed by atoms with Crippen LogP contribution < -0.4 is 0 Å². The standard InChI is InChI=1S/C14H9Cl5/c15-10-7-5-9(6-8-10)13(14(17,18)19)11-3-1-2-4-12(11)16/h1-8,13H/i1+1,2+1,3+1,4+1,5+1,6+1,7+1,8+1,9+1,10+1,11+1,12+1. The van der Waals surface area contributed by atoms with Crippen LogP contribution >= 0.6 is 58.0 Å². The van der Waals surface area contributed by atoms with Crippen LogP contribution in [0.4, 0.5) is 0 Å². The first kappa shape index (κ1) is 15.3. The molecule has 0 spiro atoms. The molecule has 0 aliphatic heterocycles. The Balaban J connectivity index is 2.55. The van der Waals surface area contributed by atoms with E-state index in [2.05, 4.69) is 0 Å². The summed E-state index contributed by atoms with van der Waals surface area (Å²) in [4.78, 5) is 0. The second-order valence-electron chi connectivity index (χ2n) is 4.05. The van der Waals surface area contributed by atoms with Gasteiger partial charge in [-0.3, -0.25) is 0 Å². The Kier molecular flexibility index (Phi) is 4.92. The molecule has 0 bridgehead atoms. The highest BCUT2D eigenvalue weighted by Crippen LogP contribution is 2.47. The number of hydrogen-bond donors (Lipinski definition) is 0. The van der Waals surface area contributed by atoms with E-state index in [0.717, 1.165) is 11.1 Å². The van der Waals surface area contributed by atoms with Crippen LogP contribution in [-0.2, 0) is 0 Å². The average molecular weight is 366 g/mol. The second-order valence-corrected chi connectivity index (χ2v) is 7.26. The van der Waals surface area contributed by atoms with Gasteiger partial charge >= 0.3 is 0 Å². The van der Waals surface area contributed by atoms with Crippen LogP contribution in [0.25, 0.3) is 0 Å². The fraction of sp³-hybridized carbons (Fsp3) is 0.143. The SMILES string of the molecule is Cl[13c]1[13cH][13cH][13c](C([13c]2[13cH][13cH][13cH][13cH][13c]2Cl)C(Cl)(Cl)Cl)[13cH][13cH]1. The molecule has 0 fully saturated rings. The van der Waals surface area contributed by atoms with E-state index >= 15 is 0 Å². The molecule has 0 saturated heterocycles. The van der Waals surface area contributed by atoms with Crippen molar-refractivity contribution in [1.82, 2.24) is 0 Å². The molecule has 1 atom stereocenters. The minimum atomic E-state index is -1.50. The van der Waals surface area contributed by atoms with Gasteiger partial charge in [-0.1, -0.05) is 88.3 Å². The molecule has 2 rings (SSSR count). The smallest absolute Gasteiger partial charge is 0.0843 e. The Morgan fingerprint density at radius 1 is 0.789 bits per heavy atom. The van der Waals surface area contributed by atoms with E-state index in [9.17, 15) is 0 Å². The van der Waals surface area contributed by atoms with Gasteiger partial charge in [-0.2, -0.15) is 0 Å². The van der Waals surface area contributed by atoms with Gasteiger partial charge in [-0.25, -0.2) is 0 Å². The van der Waals surface area contributed by atoms with Crippen molar-refractivity contribution in [1.29, 1.82) is 0 Å². The summed E-state index contributed by atoms with van der Waals surface area (Å²) in [6.07, 6.45) is 0. The van der Waals surface area contributed by atoms with Gasteiger partial charge in [-0.05, 0) is 29.3 Å². The van der Waals surface area contributed by atoms with Crippen LogP contribution in [0.5, 0.6) is 0 Å². The van der Waals surface area contributed by atoms with Crippen molar-refractivity contribution >= 4 is 58.0 Å². The minimum Gasteiger partial charge on any atom is -0.0843 e. The molecule has 0 aliphatic carbocycles. The van der Waals surface area contributed by atoms with Crippen molar-refractivity contribution in [3.05, 3.63) is 69.7 Å². The summed E-state index contributed by atoms with van der Waals surface area (Å²) < 4.78 is -1.50. The quantitative estimate of drug-likeness (QED) is 0.533. The summed E-state index contributed by atoms with van der Waals surface area (Å²) >= 11 is 30.4. The summed E-state index contributed by atoms with van der Waals surface area (Å²) in [5.41, 5.74) is 1.61. The summed E-state index contributed by atoms with van der Waals surface area (Å²) in [5.74, 6) is -0.455. The zero-order valence-electron chi connectivity index (χ0n) is 9.59. The number of halogens is 5. The Bertz CT molecular complexity index is 557. The van der Waals surface area contributed by atoms with Gasteiger partial charge in [0, 0.05) is 10.0 Å². The van der Waals surface area contributed by atoms with Crippen molar-refractivity contribution in [3.63, 3.8) is 0 Å². The molecule has 0 N–H and O–H groups in total. The molecule has 0 nitrogen and oxygen atoms in total. The molecule has 0 aromatic heterocycles. The third kappa shape index (κ3) is 3.71. The van der Waals surface area contributed by atoms with E-state index in [1.54, 1.807) is 18.2 Å². The van der Waals surface area contributed by atoms with Crippen molar-refractivity contribution in [2.75, 3.05) is 0 Å². The van der Waals surface area contributed by atoms with Crippen molar-refractivity contribution in [2.24, 2.45) is 0 Å². The monoisotopic (exact) mass is 364 g/mol. The fourth-order valence-corrected chi connectivity index (χ4v) is 3.01. The summed E-state index contributed by atoms with van der Waals surface area (Å²) in [6, 6.07) is 14.5. The highest BCUT2D eigenvalue weighted by atomic mass is 35.6. The maximum atomic E-state index is 6.20. The lowest BCUT2D eigenvalue weighted by Gasteiger charge is -2.26. The van der Waals surface area contributed by atoms with Crippen LogP contribution in [0.1, 0.15) is 17.0 Å². The zero-order valence-corrected chi connectivity index (χ0v) is 13.4. The molecule has 5 heteroatoms. The Morgan fingerprint density at radius 2 is 1.37 bits per heavy atom. The molecule has 0 radical (unpaired) electrons. The molecule has 0 amide bonds. The molecule has 1 unspecified atom stereocenters. The maximum Gasteiger partial charge on any atom is 0.201 e. The van der Waals surface area contributed by atoms with Crippen LogP contribution in [0.3, 0.4) is 0 Å². The summed E-state index contributed by atoms with van der Waals surface area (Å²) in [7, 11) is 0. The molecule has 2 aromatic rings. The van der Waals surface area contributed by atoms with Gasteiger partial charge in [0.15, 0.2) is 0 Å². The molecule has 0 saturated carbocycles. The van der Waals surface area contributed by atoms with Crippen molar-refractivity contribution < 1.29 is 0 Å². The normalized spacial score (nSPS) is 13.3. The number of benzene rings is 2. The molecule has 2 aromatic carbocycles. The Morgan fingerprint density at radius 3 is 1.89 bits per heavy atom. The van der Waals surface area contributed by atoms with Gasteiger partial charge < -0.3 is 0 Å². The molecule has 0 heterocycles. The maximum absolute atomic E-state index is 6.20. The van der Waals surface area contributed by atoms with Gasteiger partial charge in [-0.15, -0.1) is 0 Å². The molecular formula is C14H9Cl5. The first-order chi connectivity index (χ1) is 8.89. The Hall–Kier alpha value is -0.110. The van der Waals surface area contributed by atoms with E-state index < -0.39 is 9.71 Å². The lowest BCUT2D eigenvalue weighted by Crippen LogP contribution is -2.18. The van der Waals surface area contributed by atoms with Crippen molar-refractivity contribution in [2.45, 2.75) is 9.71 Å². The molecule has 0 aliphatic rings. The van der Waals surface area contributed by atoms with E-state index in [1.807, 2.05) is 30.3 Å². The predicted molar refractivity (Wildman–Crippen MR) is 85.0 cm³/mol. The topological polar surface area (TPSA) is 0 Å². The minimum absolute atomic E-state index is 0.455. The molecule has 19 heavy (non-hydrogen) atoms. The van der Waals surface area contributed by atoms with Crippen LogP contribution in [0.15, 0.2) is 48.5 Å². The summed E-state index contributed by atoms with van der Waals surface area (Å²) in [6.45, 7) is 0. The van der Waals surface area contributed by atoms with Gasteiger partial charge in [0.25, 0.3) is 0 Å². The van der Waals surface area contributed by atoms with Gasteiger partial charge in [0.1, 0.15) is 0 Å². The number of alkyl halides is 3. The average Bonchev–Trinajstić information content (AvgIpc) is 2.33. The number of rotatable bonds is 2. The van der Waals surface area contributed by atoms with Crippen LogP contribution in [0.2, 0.25) is 10.0 Å². The first-order valence-corrected chi connectivity index (χ1v) is 7.35. The highest BCUT2D eigenvalue weighted by molar-refractivity contribution is 6.68. The van der Waals surface area contributed by atoms with E-state index in [-0.39, 0.29) is 0 Å².